The Morgan fingerprint density at radius 2 is 1.92 bits per heavy atom. The molecule has 2 aliphatic heterocycles. The summed E-state index contributed by atoms with van der Waals surface area (Å²) in [5.41, 5.74) is 0.613. The predicted octanol–water partition coefficient (Wildman–Crippen LogP) is 2.02. The third-order valence-electron chi connectivity index (χ3n) is 4.70. The zero-order valence-corrected chi connectivity index (χ0v) is 13.9. The number of carboxylic acids is 1. The number of amides is 2. The minimum absolute atomic E-state index is 0.131. The molecule has 0 saturated carbocycles. The van der Waals surface area contributed by atoms with Gasteiger partial charge >= 0.3 is 5.97 Å². The van der Waals surface area contributed by atoms with Gasteiger partial charge in [-0.2, -0.15) is 0 Å². The molecule has 128 valence electrons. The summed E-state index contributed by atoms with van der Waals surface area (Å²) in [6, 6.07) is 7.05. The summed E-state index contributed by atoms with van der Waals surface area (Å²) >= 11 is 6.15. The maximum absolute atomic E-state index is 12.7. The van der Waals surface area contributed by atoms with Crippen molar-refractivity contribution in [1.82, 2.24) is 4.90 Å². The molecule has 2 fully saturated rings. The third kappa shape index (κ3) is 3.24. The number of piperidine rings is 1. The number of hydrogen-bond donors (Lipinski definition) is 1. The summed E-state index contributed by atoms with van der Waals surface area (Å²) in [4.78, 5) is 39.3. The molecule has 24 heavy (non-hydrogen) atoms. The Kier molecular flexibility index (Phi) is 4.76. The average molecular weight is 351 g/mol. The molecule has 3 rings (SSSR count). The van der Waals surface area contributed by atoms with Crippen molar-refractivity contribution in [2.45, 2.75) is 19.3 Å². The maximum Gasteiger partial charge on any atom is 0.308 e. The van der Waals surface area contributed by atoms with Crippen molar-refractivity contribution in [3.05, 3.63) is 29.3 Å². The van der Waals surface area contributed by atoms with Crippen LogP contribution in [-0.4, -0.2) is 47.4 Å². The van der Waals surface area contributed by atoms with Crippen LogP contribution in [-0.2, 0) is 14.4 Å². The van der Waals surface area contributed by atoms with Crippen LogP contribution in [0.1, 0.15) is 19.3 Å². The molecule has 1 aromatic carbocycles. The van der Waals surface area contributed by atoms with Crippen LogP contribution < -0.4 is 4.90 Å². The Hall–Kier alpha value is -2.08. The van der Waals surface area contributed by atoms with E-state index >= 15 is 0 Å². The number of likely N-dealkylation sites (tertiary alicyclic amines) is 1. The van der Waals surface area contributed by atoms with E-state index in [4.69, 9.17) is 16.7 Å². The van der Waals surface area contributed by atoms with E-state index in [-0.39, 0.29) is 31.3 Å². The molecule has 7 heteroatoms. The predicted molar refractivity (Wildman–Crippen MR) is 88.9 cm³/mol. The summed E-state index contributed by atoms with van der Waals surface area (Å²) in [6.45, 7) is 1.07. The lowest BCUT2D eigenvalue weighted by Gasteiger charge is -2.32. The molecule has 0 radical (unpaired) electrons. The molecular formula is C17H19ClN2O4. The van der Waals surface area contributed by atoms with Crippen LogP contribution in [0.3, 0.4) is 0 Å². The van der Waals surface area contributed by atoms with E-state index in [0.29, 0.717) is 30.1 Å². The Morgan fingerprint density at radius 3 is 2.62 bits per heavy atom. The topological polar surface area (TPSA) is 77.9 Å². The molecule has 0 aromatic heterocycles. The van der Waals surface area contributed by atoms with E-state index in [1.54, 1.807) is 34.1 Å². The highest BCUT2D eigenvalue weighted by atomic mass is 35.5. The monoisotopic (exact) mass is 350 g/mol. The molecule has 6 nitrogen and oxygen atoms in total. The summed E-state index contributed by atoms with van der Waals surface area (Å²) in [7, 11) is 0. The van der Waals surface area contributed by atoms with Crippen molar-refractivity contribution >= 4 is 35.1 Å². The first-order valence-electron chi connectivity index (χ1n) is 8.04. The Morgan fingerprint density at radius 1 is 1.17 bits per heavy atom. The first-order valence-corrected chi connectivity index (χ1v) is 8.41. The normalized spacial score (nSPS) is 24.3. The number of benzene rings is 1. The largest absolute Gasteiger partial charge is 0.481 e. The number of para-hydroxylation sites is 1. The van der Waals surface area contributed by atoms with Crippen molar-refractivity contribution in [3.63, 3.8) is 0 Å². The second kappa shape index (κ2) is 6.81. The van der Waals surface area contributed by atoms with Crippen LogP contribution in [0.5, 0.6) is 0 Å². The minimum atomic E-state index is -0.868. The van der Waals surface area contributed by atoms with Gasteiger partial charge in [-0.25, -0.2) is 0 Å². The third-order valence-corrected chi connectivity index (χ3v) is 5.02. The quantitative estimate of drug-likeness (QED) is 0.904. The highest BCUT2D eigenvalue weighted by Gasteiger charge is 2.39. The highest BCUT2D eigenvalue weighted by molar-refractivity contribution is 6.33. The minimum Gasteiger partial charge on any atom is -0.481 e. The number of hydrogen-bond acceptors (Lipinski definition) is 3. The van der Waals surface area contributed by atoms with Crippen molar-refractivity contribution < 1.29 is 19.5 Å². The van der Waals surface area contributed by atoms with Gasteiger partial charge in [0.05, 0.1) is 22.5 Å². The first-order chi connectivity index (χ1) is 11.5. The molecule has 2 atom stereocenters. The van der Waals surface area contributed by atoms with Gasteiger partial charge in [0, 0.05) is 26.1 Å². The van der Waals surface area contributed by atoms with E-state index in [2.05, 4.69) is 0 Å². The molecule has 2 aliphatic rings. The highest BCUT2D eigenvalue weighted by Crippen LogP contribution is 2.32. The Balaban J connectivity index is 1.70. The van der Waals surface area contributed by atoms with E-state index < -0.39 is 17.8 Å². The Labute approximate surface area is 145 Å². The molecule has 2 amide bonds. The van der Waals surface area contributed by atoms with Crippen molar-refractivity contribution in [1.29, 1.82) is 0 Å². The van der Waals surface area contributed by atoms with Gasteiger partial charge in [-0.05, 0) is 25.0 Å². The average Bonchev–Trinajstić information content (AvgIpc) is 2.96. The number of carbonyl (C=O) groups is 3. The molecule has 1 aromatic rings. The number of rotatable bonds is 3. The SMILES string of the molecule is O=C(O)C1CCCN(C(=O)C2CC(=O)N(c3ccccc3Cl)C2)C1. The second-order valence-corrected chi connectivity index (χ2v) is 6.73. The van der Waals surface area contributed by atoms with Crippen LogP contribution in [0.4, 0.5) is 5.69 Å². The zero-order chi connectivity index (χ0) is 17.3. The fourth-order valence-corrected chi connectivity index (χ4v) is 3.65. The Bertz CT molecular complexity index is 678. The van der Waals surface area contributed by atoms with Gasteiger partial charge in [-0.15, -0.1) is 0 Å². The smallest absolute Gasteiger partial charge is 0.308 e. The van der Waals surface area contributed by atoms with E-state index in [1.165, 1.54) is 0 Å². The zero-order valence-electron chi connectivity index (χ0n) is 13.2. The van der Waals surface area contributed by atoms with Crippen LogP contribution in [0.2, 0.25) is 5.02 Å². The van der Waals surface area contributed by atoms with E-state index in [1.807, 2.05) is 0 Å². The molecule has 2 heterocycles. The summed E-state index contributed by atoms with van der Waals surface area (Å²) in [5, 5.41) is 9.63. The van der Waals surface area contributed by atoms with Crippen LogP contribution in [0.15, 0.2) is 24.3 Å². The molecule has 0 spiro atoms. The summed E-state index contributed by atoms with van der Waals surface area (Å²) in [5.74, 6) is -2.09. The molecule has 1 N–H and O–H groups in total. The maximum atomic E-state index is 12.7. The molecule has 2 unspecified atom stereocenters. The fourth-order valence-electron chi connectivity index (χ4n) is 3.41. The number of carbonyl (C=O) groups excluding carboxylic acids is 2. The molecule has 2 saturated heterocycles. The lowest BCUT2D eigenvalue weighted by atomic mass is 9.96. The van der Waals surface area contributed by atoms with Crippen LogP contribution >= 0.6 is 11.6 Å². The van der Waals surface area contributed by atoms with Crippen LogP contribution in [0.25, 0.3) is 0 Å². The van der Waals surface area contributed by atoms with Gasteiger partial charge < -0.3 is 14.9 Å². The number of nitrogens with zero attached hydrogens (tertiary/aromatic N) is 2. The van der Waals surface area contributed by atoms with E-state index in [9.17, 15) is 14.4 Å². The lowest BCUT2D eigenvalue weighted by molar-refractivity contribution is -0.146. The summed E-state index contributed by atoms with van der Waals surface area (Å²) < 4.78 is 0. The molecule has 0 bridgehead atoms. The number of carboxylic acid groups (broad SMARTS) is 1. The van der Waals surface area contributed by atoms with Gasteiger partial charge in [-0.3, -0.25) is 14.4 Å². The number of aliphatic carboxylic acids is 1. The van der Waals surface area contributed by atoms with Gasteiger partial charge in [0.1, 0.15) is 0 Å². The van der Waals surface area contributed by atoms with Crippen molar-refractivity contribution in [3.8, 4) is 0 Å². The van der Waals surface area contributed by atoms with Gasteiger partial charge in [0.2, 0.25) is 11.8 Å². The molecule has 0 aliphatic carbocycles. The van der Waals surface area contributed by atoms with Gasteiger partial charge in [-0.1, -0.05) is 23.7 Å². The lowest BCUT2D eigenvalue weighted by Crippen LogP contribution is -2.45. The number of anilines is 1. The van der Waals surface area contributed by atoms with Crippen molar-refractivity contribution in [2.24, 2.45) is 11.8 Å². The van der Waals surface area contributed by atoms with E-state index in [0.717, 1.165) is 0 Å². The standard InChI is InChI=1S/C17H19ClN2O4/c18-13-5-1-2-6-14(13)20-10-12(8-15(20)21)16(22)19-7-3-4-11(9-19)17(23)24/h1-2,5-6,11-12H,3-4,7-10H2,(H,23,24). The molecular weight excluding hydrogens is 332 g/mol. The van der Waals surface area contributed by atoms with Gasteiger partial charge in [0.15, 0.2) is 0 Å². The first kappa shape index (κ1) is 16.8. The fraction of sp³-hybridized carbons (Fsp3) is 0.471. The summed E-state index contributed by atoms with van der Waals surface area (Å²) in [6.07, 6.45) is 1.41. The van der Waals surface area contributed by atoms with Crippen LogP contribution in [0, 0.1) is 11.8 Å². The van der Waals surface area contributed by atoms with Gasteiger partial charge in [0.25, 0.3) is 0 Å². The second-order valence-electron chi connectivity index (χ2n) is 6.32. The van der Waals surface area contributed by atoms with Crippen molar-refractivity contribution in [2.75, 3.05) is 24.5 Å². The number of halogens is 1.